The third kappa shape index (κ3) is 6.17. The van der Waals surface area contributed by atoms with E-state index in [0.717, 1.165) is 42.8 Å². The Balaban J connectivity index is 1.64. The van der Waals surface area contributed by atoms with E-state index in [-0.39, 0.29) is 29.6 Å². The number of benzene rings is 1. The molecule has 0 bridgehead atoms. The second-order valence-electron chi connectivity index (χ2n) is 8.55. The van der Waals surface area contributed by atoms with Gasteiger partial charge in [0.15, 0.2) is 5.82 Å². The molecule has 0 unspecified atom stereocenters. The molecule has 1 aromatic carbocycles. The van der Waals surface area contributed by atoms with Crippen molar-refractivity contribution in [2.24, 2.45) is 0 Å². The molecule has 33 heavy (non-hydrogen) atoms. The van der Waals surface area contributed by atoms with Crippen molar-refractivity contribution in [2.75, 3.05) is 19.4 Å². The molecular weight excluding hydrogens is 446 g/mol. The number of aryl methyl sites for hydroxylation is 1. The van der Waals surface area contributed by atoms with Gasteiger partial charge in [-0.1, -0.05) is 36.9 Å². The highest BCUT2D eigenvalue weighted by Gasteiger charge is 2.38. The van der Waals surface area contributed by atoms with Crippen molar-refractivity contribution >= 4 is 27.5 Å². The summed E-state index contributed by atoms with van der Waals surface area (Å²) in [4.78, 5) is 28.8. The van der Waals surface area contributed by atoms with Crippen LogP contribution in [0.3, 0.4) is 0 Å². The van der Waals surface area contributed by atoms with Gasteiger partial charge in [-0.2, -0.15) is 4.98 Å². The smallest absolute Gasteiger partial charge is 0.242 e. The molecule has 0 saturated heterocycles. The molecule has 0 atom stereocenters. The Labute approximate surface area is 194 Å². The van der Waals surface area contributed by atoms with Crippen LogP contribution in [-0.4, -0.2) is 48.8 Å². The largest absolute Gasteiger partial charge is 0.343 e. The average Bonchev–Trinajstić information content (AvgIpc) is 3.12. The Bertz CT molecular complexity index is 1090. The van der Waals surface area contributed by atoms with Crippen molar-refractivity contribution in [3.63, 3.8) is 0 Å². The number of aromatic nitrogens is 2. The van der Waals surface area contributed by atoms with Crippen LogP contribution < -0.4 is 10.6 Å². The second-order valence-corrected chi connectivity index (χ2v) is 10.7. The number of rotatable bonds is 8. The summed E-state index contributed by atoms with van der Waals surface area (Å²) >= 11 is 0. The normalized spacial score (nSPS) is 16.2. The molecule has 10 nitrogen and oxygen atoms in total. The van der Waals surface area contributed by atoms with Crippen LogP contribution in [0.5, 0.6) is 0 Å². The van der Waals surface area contributed by atoms with Gasteiger partial charge in [-0.3, -0.25) is 9.59 Å². The van der Waals surface area contributed by atoms with Gasteiger partial charge in [-0.25, -0.2) is 12.7 Å². The van der Waals surface area contributed by atoms with Gasteiger partial charge < -0.3 is 15.2 Å². The van der Waals surface area contributed by atoms with Crippen LogP contribution in [-0.2, 0) is 31.6 Å². The fourth-order valence-corrected chi connectivity index (χ4v) is 4.96. The summed E-state index contributed by atoms with van der Waals surface area (Å²) in [6.07, 6.45) is 5.94. The van der Waals surface area contributed by atoms with Gasteiger partial charge in [0.1, 0.15) is 5.54 Å². The van der Waals surface area contributed by atoms with E-state index in [1.54, 1.807) is 12.1 Å². The minimum absolute atomic E-state index is 0.0828. The average molecular weight is 478 g/mol. The molecule has 1 heterocycles. The maximum Gasteiger partial charge on any atom is 0.242 e. The number of nitrogens with one attached hydrogen (secondary N) is 2. The highest BCUT2D eigenvalue weighted by molar-refractivity contribution is 7.89. The molecule has 11 heteroatoms. The lowest BCUT2D eigenvalue weighted by molar-refractivity contribution is -0.121. The van der Waals surface area contributed by atoms with Gasteiger partial charge >= 0.3 is 0 Å². The number of anilines is 1. The van der Waals surface area contributed by atoms with Crippen molar-refractivity contribution in [3.8, 4) is 0 Å². The summed E-state index contributed by atoms with van der Waals surface area (Å²) in [5.74, 6) is 0.330. The monoisotopic (exact) mass is 477 g/mol. The lowest BCUT2D eigenvalue weighted by atomic mass is 9.89. The maximum atomic E-state index is 12.4. The summed E-state index contributed by atoms with van der Waals surface area (Å²) in [6.45, 7) is 1.48. The molecule has 1 aliphatic carbocycles. The van der Waals surface area contributed by atoms with Crippen LogP contribution in [0.4, 0.5) is 5.69 Å². The van der Waals surface area contributed by atoms with Crippen molar-refractivity contribution in [3.05, 3.63) is 36.0 Å². The van der Waals surface area contributed by atoms with E-state index in [4.69, 9.17) is 4.52 Å². The summed E-state index contributed by atoms with van der Waals surface area (Å²) in [5.41, 5.74) is -0.248. The predicted octanol–water partition coefficient (Wildman–Crippen LogP) is 2.58. The number of carbonyl (C=O) groups excluding carboxylic acids is 2. The van der Waals surface area contributed by atoms with Gasteiger partial charge in [0, 0.05) is 39.5 Å². The van der Waals surface area contributed by atoms with Crippen molar-refractivity contribution in [1.29, 1.82) is 0 Å². The van der Waals surface area contributed by atoms with E-state index in [0.29, 0.717) is 17.4 Å². The lowest BCUT2D eigenvalue weighted by Crippen LogP contribution is -2.45. The molecule has 0 radical (unpaired) electrons. The van der Waals surface area contributed by atoms with Gasteiger partial charge in [0.2, 0.25) is 27.7 Å². The van der Waals surface area contributed by atoms with Gasteiger partial charge in [0.25, 0.3) is 0 Å². The lowest BCUT2D eigenvalue weighted by Gasteiger charge is -2.30. The number of sulfonamides is 1. The zero-order valence-corrected chi connectivity index (χ0v) is 20.1. The summed E-state index contributed by atoms with van der Waals surface area (Å²) in [6, 6.07) is 6.09. The van der Waals surface area contributed by atoms with Gasteiger partial charge in [-0.05, 0) is 31.0 Å². The minimum Gasteiger partial charge on any atom is -0.343 e. The first-order valence-electron chi connectivity index (χ1n) is 11.1. The Morgan fingerprint density at radius 1 is 1.15 bits per heavy atom. The molecule has 2 aromatic rings. The van der Waals surface area contributed by atoms with E-state index >= 15 is 0 Å². The Morgan fingerprint density at radius 2 is 1.85 bits per heavy atom. The van der Waals surface area contributed by atoms with E-state index < -0.39 is 15.6 Å². The Morgan fingerprint density at radius 3 is 2.48 bits per heavy atom. The van der Waals surface area contributed by atoms with Gasteiger partial charge in [0.05, 0.1) is 4.90 Å². The van der Waals surface area contributed by atoms with Crippen LogP contribution in [0.25, 0.3) is 0 Å². The Hall–Kier alpha value is -2.79. The number of amides is 2. The third-order valence-corrected chi connectivity index (χ3v) is 7.54. The number of hydrogen-bond acceptors (Lipinski definition) is 7. The molecule has 0 aliphatic heterocycles. The molecule has 2 N–H and O–H groups in total. The van der Waals surface area contributed by atoms with Crippen molar-refractivity contribution in [1.82, 2.24) is 19.8 Å². The van der Waals surface area contributed by atoms with E-state index in [1.165, 1.54) is 33.2 Å². The van der Waals surface area contributed by atoms with Crippen LogP contribution in [0, 0.1) is 0 Å². The maximum absolute atomic E-state index is 12.4. The highest BCUT2D eigenvalue weighted by atomic mass is 32.2. The molecule has 180 valence electrons. The summed E-state index contributed by atoms with van der Waals surface area (Å²) in [5, 5.41) is 9.86. The summed E-state index contributed by atoms with van der Waals surface area (Å²) < 4.78 is 31.1. The number of hydrogen-bond donors (Lipinski definition) is 2. The minimum atomic E-state index is -3.60. The van der Waals surface area contributed by atoms with Crippen molar-refractivity contribution in [2.45, 2.75) is 68.7 Å². The first-order valence-corrected chi connectivity index (χ1v) is 12.5. The molecule has 1 saturated carbocycles. The van der Waals surface area contributed by atoms with Crippen LogP contribution >= 0.6 is 0 Å². The SMILES string of the molecule is CC(=O)NC1(c2noc(CCC(=O)Nc3cccc(S(=O)(=O)N(C)C)c3)n2)CCCCCC1. The zero-order chi connectivity index (χ0) is 24.1. The zero-order valence-electron chi connectivity index (χ0n) is 19.3. The van der Waals surface area contributed by atoms with E-state index in [9.17, 15) is 18.0 Å². The fourth-order valence-electron chi connectivity index (χ4n) is 4.01. The molecule has 1 aromatic heterocycles. The third-order valence-electron chi connectivity index (χ3n) is 5.73. The number of nitrogens with zero attached hydrogens (tertiary/aromatic N) is 3. The van der Waals surface area contributed by atoms with Crippen LogP contribution in [0.2, 0.25) is 0 Å². The predicted molar refractivity (Wildman–Crippen MR) is 122 cm³/mol. The first-order chi connectivity index (χ1) is 15.6. The molecule has 2 amide bonds. The van der Waals surface area contributed by atoms with Crippen molar-refractivity contribution < 1.29 is 22.5 Å². The van der Waals surface area contributed by atoms with Gasteiger partial charge in [-0.15, -0.1) is 0 Å². The Kier molecular flexibility index (Phi) is 7.85. The van der Waals surface area contributed by atoms with E-state index in [2.05, 4.69) is 20.8 Å². The summed E-state index contributed by atoms with van der Waals surface area (Å²) in [7, 11) is -0.699. The molecule has 3 rings (SSSR count). The van der Waals surface area contributed by atoms with E-state index in [1.807, 2.05) is 0 Å². The first kappa shape index (κ1) is 24.8. The molecular formula is C22H31N5O5S. The molecule has 1 fully saturated rings. The van der Waals surface area contributed by atoms with Crippen LogP contribution in [0.1, 0.15) is 63.6 Å². The fraction of sp³-hybridized carbons (Fsp3) is 0.545. The topological polar surface area (TPSA) is 134 Å². The number of carbonyl (C=O) groups is 2. The highest BCUT2D eigenvalue weighted by Crippen LogP contribution is 2.34. The second kappa shape index (κ2) is 10.4. The van der Waals surface area contributed by atoms with Crippen LogP contribution in [0.15, 0.2) is 33.7 Å². The molecule has 0 spiro atoms. The quantitative estimate of drug-likeness (QED) is 0.558. The molecule has 1 aliphatic rings. The standard InChI is InChI=1S/C22H31N5O5S/c1-16(28)25-22(13-6-4-5-7-14-22)21-24-20(32-26-21)12-11-19(29)23-17-9-8-10-18(15-17)33(30,31)27(2)3/h8-10,15H,4-7,11-14H2,1-3H3,(H,23,29)(H,25,28).